The lowest BCUT2D eigenvalue weighted by molar-refractivity contribution is -0.136. The quantitative estimate of drug-likeness (QED) is 0.739. The lowest BCUT2D eigenvalue weighted by Gasteiger charge is -2.39. The number of carbonyl (C=O) groups is 2. The van der Waals surface area contributed by atoms with Crippen LogP contribution in [0.3, 0.4) is 0 Å². The minimum Gasteiger partial charge on any atom is -0.345 e. The fourth-order valence-corrected chi connectivity index (χ4v) is 3.70. The van der Waals surface area contributed by atoms with Crippen LogP contribution in [0.25, 0.3) is 0 Å². The Balaban J connectivity index is 1.81. The van der Waals surface area contributed by atoms with Crippen molar-refractivity contribution in [2.75, 3.05) is 5.32 Å². The van der Waals surface area contributed by atoms with Gasteiger partial charge in [0, 0.05) is 11.7 Å². The molecule has 0 radical (unpaired) electrons. The van der Waals surface area contributed by atoms with E-state index in [-0.39, 0.29) is 6.04 Å². The van der Waals surface area contributed by atoms with E-state index in [2.05, 4.69) is 45.3 Å². The van der Waals surface area contributed by atoms with E-state index in [1.807, 2.05) is 24.3 Å². The Morgan fingerprint density at radius 1 is 1.04 bits per heavy atom. The molecule has 1 aromatic carbocycles. The Morgan fingerprint density at radius 2 is 1.62 bits per heavy atom. The summed E-state index contributed by atoms with van der Waals surface area (Å²) in [5.41, 5.74) is 2.22. The zero-order valence-corrected chi connectivity index (χ0v) is 16.9. The molecule has 0 spiro atoms. The molecule has 2 amide bonds. The van der Waals surface area contributed by atoms with Crippen LogP contribution in [-0.4, -0.2) is 17.9 Å². The number of benzene rings is 1. The van der Waals surface area contributed by atoms with E-state index in [4.69, 9.17) is 0 Å². The van der Waals surface area contributed by atoms with Gasteiger partial charge >= 0.3 is 11.8 Å². The molecule has 26 heavy (non-hydrogen) atoms. The molecule has 1 fully saturated rings. The van der Waals surface area contributed by atoms with Crippen molar-refractivity contribution in [1.82, 2.24) is 5.32 Å². The second-order valence-electron chi connectivity index (χ2n) is 8.59. The summed E-state index contributed by atoms with van der Waals surface area (Å²) < 4.78 is 0. The van der Waals surface area contributed by atoms with Crippen molar-refractivity contribution in [3.8, 4) is 0 Å². The maximum Gasteiger partial charge on any atom is 0.313 e. The first kappa shape index (κ1) is 20.5. The zero-order chi connectivity index (χ0) is 19.3. The number of carbonyl (C=O) groups excluding carboxylic acids is 2. The minimum absolute atomic E-state index is 0.112. The number of amides is 2. The van der Waals surface area contributed by atoms with E-state index in [1.165, 1.54) is 12.0 Å². The molecule has 1 aliphatic rings. The Morgan fingerprint density at radius 3 is 2.12 bits per heavy atom. The molecule has 0 saturated heterocycles. The smallest absolute Gasteiger partial charge is 0.313 e. The van der Waals surface area contributed by atoms with Crippen molar-refractivity contribution in [2.45, 2.75) is 78.7 Å². The average molecular weight is 359 g/mol. The number of rotatable bonds is 5. The zero-order valence-electron chi connectivity index (χ0n) is 16.9. The molecule has 0 atom stereocenters. The standard InChI is InChI=1S/C22H34N2O2/c1-6-22(4,5)17-9-13-19(14-10-17)24-21(26)20(25)23-18-11-7-16(8-12-18)15(2)3/h7-8,11-12,15,17,19H,6,9-10,13-14H2,1-5H3,(H,23,25)(H,24,26). The summed E-state index contributed by atoms with van der Waals surface area (Å²) in [5.74, 6) is 0.0271. The summed E-state index contributed by atoms with van der Waals surface area (Å²) >= 11 is 0. The molecular weight excluding hydrogens is 324 g/mol. The third-order valence-electron chi connectivity index (χ3n) is 6.12. The summed E-state index contributed by atoms with van der Waals surface area (Å²) in [6.45, 7) is 11.1. The number of anilines is 1. The van der Waals surface area contributed by atoms with Gasteiger partial charge in [-0.2, -0.15) is 0 Å². The lowest BCUT2D eigenvalue weighted by atomic mass is 9.69. The highest BCUT2D eigenvalue weighted by molar-refractivity contribution is 6.39. The normalized spacial score (nSPS) is 20.7. The maximum absolute atomic E-state index is 12.2. The molecule has 1 aromatic rings. The predicted molar refractivity (Wildman–Crippen MR) is 107 cm³/mol. The molecule has 0 aliphatic heterocycles. The average Bonchev–Trinajstić information content (AvgIpc) is 2.62. The van der Waals surface area contributed by atoms with E-state index in [0.717, 1.165) is 25.7 Å². The van der Waals surface area contributed by atoms with Crippen molar-refractivity contribution < 1.29 is 9.59 Å². The third kappa shape index (κ3) is 5.33. The molecule has 2 rings (SSSR count). The van der Waals surface area contributed by atoms with E-state index >= 15 is 0 Å². The molecule has 1 saturated carbocycles. The Labute approximate surface area is 158 Å². The van der Waals surface area contributed by atoms with Crippen LogP contribution in [0, 0.1) is 11.3 Å². The predicted octanol–water partition coefficient (Wildman–Crippen LogP) is 4.86. The molecule has 2 N–H and O–H groups in total. The fourth-order valence-electron chi connectivity index (χ4n) is 3.70. The van der Waals surface area contributed by atoms with E-state index in [1.54, 1.807) is 0 Å². The molecular formula is C22H34N2O2. The van der Waals surface area contributed by atoms with Gasteiger partial charge in [-0.05, 0) is 60.6 Å². The SMILES string of the molecule is CCC(C)(C)C1CCC(NC(=O)C(=O)Nc2ccc(C(C)C)cc2)CC1. The maximum atomic E-state index is 12.2. The van der Waals surface area contributed by atoms with Crippen LogP contribution in [0.1, 0.15) is 78.2 Å². The van der Waals surface area contributed by atoms with Crippen molar-refractivity contribution in [3.05, 3.63) is 29.8 Å². The lowest BCUT2D eigenvalue weighted by Crippen LogP contribution is -2.44. The summed E-state index contributed by atoms with van der Waals surface area (Å²) in [6, 6.07) is 7.77. The van der Waals surface area contributed by atoms with Crippen molar-refractivity contribution in [2.24, 2.45) is 11.3 Å². The molecule has 4 nitrogen and oxygen atoms in total. The highest BCUT2D eigenvalue weighted by Gasteiger charge is 2.32. The molecule has 0 unspecified atom stereocenters. The van der Waals surface area contributed by atoms with Gasteiger partial charge in [-0.3, -0.25) is 9.59 Å². The van der Waals surface area contributed by atoms with Gasteiger partial charge in [0.15, 0.2) is 0 Å². The first-order valence-corrected chi connectivity index (χ1v) is 9.94. The van der Waals surface area contributed by atoms with Gasteiger partial charge in [-0.15, -0.1) is 0 Å². The molecule has 144 valence electrons. The van der Waals surface area contributed by atoms with E-state index < -0.39 is 11.8 Å². The van der Waals surface area contributed by atoms with Crippen LogP contribution < -0.4 is 10.6 Å². The Hall–Kier alpha value is -1.84. The van der Waals surface area contributed by atoms with Gasteiger partial charge in [0.25, 0.3) is 0 Å². The van der Waals surface area contributed by atoms with Crippen LogP contribution in [0.4, 0.5) is 5.69 Å². The van der Waals surface area contributed by atoms with Crippen LogP contribution in [0.2, 0.25) is 0 Å². The van der Waals surface area contributed by atoms with Crippen LogP contribution in [0.15, 0.2) is 24.3 Å². The van der Waals surface area contributed by atoms with Crippen LogP contribution >= 0.6 is 0 Å². The first-order valence-electron chi connectivity index (χ1n) is 9.94. The van der Waals surface area contributed by atoms with Crippen molar-refractivity contribution in [1.29, 1.82) is 0 Å². The van der Waals surface area contributed by atoms with E-state index in [0.29, 0.717) is 22.9 Å². The van der Waals surface area contributed by atoms with Gasteiger partial charge in [0.2, 0.25) is 0 Å². The fraction of sp³-hybridized carbons (Fsp3) is 0.636. The van der Waals surface area contributed by atoms with Crippen molar-refractivity contribution in [3.63, 3.8) is 0 Å². The second-order valence-corrected chi connectivity index (χ2v) is 8.59. The highest BCUT2D eigenvalue weighted by Crippen LogP contribution is 2.40. The summed E-state index contributed by atoms with van der Waals surface area (Å²) in [7, 11) is 0. The summed E-state index contributed by atoms with van der Waals surface area (Å²) in [5, 5.41) is 5.60. The number of hydrogen-bond donors (Lipinski definition) is 2. The number of hydrogen-bond acceptors (Lipinski definition) is 2. The molecule has 0 bridgehead atoms. The third-order valence-corrected chi connectivity index (χ3v) is 6.12. The number of nitrogens with one attached hydrogen (secondary N) is 2. The summed E-state index contributed by atoms with van der Waals surface area (Å²) in [6.07, 6.45) is 5.31. The Kier molecular flexibility index (Phi) is 6.85. The topological polar surface area (TPSA) is 58.2 Å². The van der Waals surface area contributed by atoms with Gasteiger partial charge in [-0.25, -0.2) is 0 Å². The van der Waals surface area contributed by atoms with Crippen molar-refractivity contribution >= 4 is 17.5 Å². The molecule has 0 aromatic heterocycles. The highest BCUT2D eigenvalue weighted by atomic mass is 16.2. The summed E-state index contributed by atoms with van der Waals surface area (Å²) in [4.78, 5) is 24.4. The van der Waals surface area contributed by atoms with Gasteiger partial charge in [-0.1, -0.05) is 53.2 Å². The first-order chi connectivity index (χ1) is 12.2. The van der Waals surface area contributed by atoms with Gasteiger partial charge < -0.3 is 10.6 Å². The van der Waals surface area contributed by atoms with Gasteiger partial charge in [0.05, 0.1) is 0 Å². The largest absolute Gasteiger partial charge is 0.345 e. The van der Waals surface area contributed by atoms with Crippen LogP contribution in [0.5, 0.6) is 0 Å². The Bertz CT molecular complexity index is 612. The minimum atomic E-state index is -0.585. The van der Waals surface area contributed by atoms with Crippen LogP contribution in [-0.2, 0) is 9.59 Å². The van der Waals surface area contributed by atoms with Gasteiger partial charge in [0.1, 0.15) is 0 Å². The van der Waals surface area contributed by atoms with E-state index in [9.17, 15) is 9.59 Å². The molecule has 4 heteroatoms. The monoisotopic (exact) mass is 358 g/mol. The molecule has 0 heterocycles. The molecule has 1 aliphatic carbocycles. The second kappa shape index (κ2) is 8.70.